The second-order valence-electron chi connectivity index (χ2n) is 11.7. The van der Waals surface area contributed by atoms with Gasteiger partial charge in [-0.2, -0.15) is 0 Å². The van der Waals surface area contributed by atoms with E-state index in [1.165, 1.54) is 24.2 Å². The van der Waals surface area contributed by atoms with Crippen LogP contribution in [0, 0.1) is 30.1 Å². The van der Waals surface area contributed by atoms with Gasteiger partial charge in [0.05, 0.1) is 27.7 Å². The molecule has 0 radical (unpaired) electrons. The number of hydrogen-bond acceptors (Lipinski definition) is 9. The van der Waals surface area contributed by atoms with E-state index in [1.54, 1.807) is 36.1 Å². The summed E-state index contributed by atoms with van der Waals surface area (Å²) in [4.78, 5) is 37.6. The van der Waals surface area contributed by atoms with Crippen molar-refractivity contribution in [3.63, 3.8) is 0 Å². The van der Waals surface area contributed by atoms with E-state index in [2.05, 4.69) is 26.9 Å². The van der Waals surface area contributed by atoms with E-state index in [4.69, 9.17) is 5.41 Å². The predicted octanol–water partition coefficient (Wildman–Crippen LogP) is 3.96. The highest BCUT2D eigenvalue weighted by atomic mass is 32.2. The topological polar surface area (TPSA) is 145 Å². The third kappa shape index (κ3) is 5.81. The van der Waals surface area contributed by atoms with E-state index in [9.17, 15) is 18.0 Å². The molecule has 0 bridgehead atoms. The first kappa shape index (κ1) is 29.7. The second-order valence-corrected chi connectivity index (χ2v) is 14.5. The molecule has 2 atom stereocenters. The normalized spacial score (nSPS) is 19.5. The molecule has 1 unspecified atom stereocenters. The molecule has 6 rings (SSSR count). The van der Waals surface area contributed by atoms with E-state index in [-0.39, 0.29) is 41.3 Å². The van der Waals surface area contributed by atoms with Crippen molar-refractivity contribution in [3.8, 4) is 10.4 Å². The number of pyridine rings is 1. The number of carbonyl (C=O) groups is 2. The van der Waals surface area contributed by atoms with Gasteiger partial charge in [-0.25, -0.2) is 23.1 Å². The summed E-state index contributed by atoms with van der Waals surface area (Å²) in [6.45, 7) is 7.38. The first-order valence-electron chi connectivity index (χ1n) is 14.8. The Morgan fingerprint density at radius 2 is 2.02 bits per heavy atom. The summed E-state index contributed by atoms with van der Waals surface area (Å²) in [6, 6.07) is 8.78. The Morgan fingerprint density at radius 1 is 1.23 bits per heavy atom. The van der Waals surface area contributed by atoms with Gasteiger partial charge in [0.1, 0.15) is 16.5 Å². The Hall–Kier alpha value is -3.32. The third-order valence-electron chi connectivity index (χ3n) is 8.60. The molecule has 0 spiro atoms. The third-order valence-corrected chi connectivity index (χ3v) is 11.4. The number of hydrogen-bond donors (Lipinski definition) is 3. The van der Waals surface area contributed by atoms with Crippen molar-refractivity contribution in [3.05, 3.63) is 57.9 Å². The Morgan fingerprint density at radius 3 is 2.74 bits per heavy atom. The van der Waals surface area contributed by atoms with Crippen LogP contribution in [0.3, 0.4) is 0 Å². The number of nitrogens with one attached hydrogen (secondary N) is 3. The number of piperazine rings is 1. The van der Waals surface area contributed by atoms with Crippen LogP contribution in [-0.2, 0) is 21.2 Å². The molecule has 1 aliphatic heterocycles. The minimum Gasteiger partial charge on any atom is -0.307 e. The molecular weight excluding hydrogens is 585 g/mol. The lowest BCUT2D eigenvalue weighted by Gasteiger charge is -2.26. The summed E-state index contributed by atoms with van der Waals surface area (Å²) >= 11 is 1.29. The second kappa shape index (κ2) is 11.6. The monoisotopic (exact) mass is 620 g/mol. The van der Waals surface area contributed by atoms with Gasteiger partial charge in [0, 0.05) is 31.1 Å². The van der Waals surface area contributed by atoms with E-state index < -0.39 is 10.0 Å². The van der Waals surface area contributed by atoms with Crippen LogP contribution in [0.5, 0.6) is 0 Å². The zero-order chi connectivity index (χ0) is 30.5. The number of ketones is 1. The fraction of sp³-hybridized carbons (Fsp3) is 0.452. The molecule has 226 valence electrons. The van der Waals surface area contributed by atoms with Crippen LogP contribution in [-0.4, -0.2) is 62.0 Å². The summed E-state index contributed by atoms with van der Waals surface area (Å²) in [5, 5.41) is 12.4. The molecule has 3 aromatic rings. The molecule has 2 aromatic heterocycles. The number of benzene rings is 1. The molecule has 3 aliphatic rings. The number of sulfonamides is 1. The number of carbonyl (C=O) groups excluding carboxylic acids is 2. The van der Waals surface area contributed by atoms with E-state index in [0.717, 1.165) is 16.9 Å². The van der Waals surface area contributed by atoms with Gasteiger partial charge < -0.3 is 5.32 Å². The Kier molecular flexibility index (Phi) is 8.05. The molecular formula is C31H36N6O4S2. The van der Waals surface area contributed by atoms with Gasteiger partial charge in [-0.3, -0.25) is 19.9 Å². The molecule has 1 amide bonds. The molecule has 12 heteroatoms. The summed E-state index contributed by atoms with van der Waals surface area (Å²) in [6.07, 6.45) is 3.69. The molecule has 10 nitrogen and oxygen atoms in total. The standard InChI is InChI=1S/C31H36N6O4S2/c1-4-34-43(40,41)24-15-22(14-20-13-21(29(39)27(20)24)12-17(2)19-8-9-19)30-18(3)35-31(42-30)28(32)23-6-5-7-25(36-23)37-11-10-33-16-26(37)38/h5-7,14-15,17,19,21,32-34H,4,8-13,16H2,1-3H3/t17-,21?/m1/s1. The number of thiazole rings is 1. The average Bonchev–Trinajstić information content (AvgIpc) is 3.70. The number of aryl methyl sites for hydroxylation is 1. The first-order chi connectivity index (χ1) is 20.6. The number of aromatic nitrogens is 2. The number of anilines is 1. The number of Topliss-reactive ketones (excluding diaryl/α,β-unsaturated/α-hetero) is 1. The van der Waals surface area contributed by atoms with Crippen molar-refractivity contribution < 1.29 is 18.0 Å². The molecule has 43 heavy (non-hydrogen) atoms. The highest BCUT2D eigenvalue weighted by molar-refractivity contribution is 7.89. The maximum absolute atomic E-state index is 13.6. The Balaban J connectivity index is 1.34. The minimum atomic E-state index is -3.92. The van der Waals surface area contributed by atoms with Crippen LogP contribution in [0.25, 0.3) is 10.4 Å². The Bertz CT molecular complexity index is 1730. The van der Waals surface area contributed by atoms with Crippen LogP contribution in [0.2, 0.25) is 0 Å². The SMILES string of the molecule is CCNS(=O)(=O)c1cc(-c2sc(C(=N)c3cccc(N4CCNCC4=O)n3)nc2C)cc2c1C(=O)C(C[C@@H](C)C1CC1)C2. The molecule has 2 fully saturated rings. The van der Waals surface area contributed by atoms with Crippen LogP contribution in [0.4, 0.5) is 5.82 Å². The Labute approximate surface area is 255 Å². The fourth-order valence-electron chi connectivity index (χ4n) is 6.23. The minimum absolute atomic E-state index is 0.0212. The van der Waals surface area contributed by atoms with Crippen LogP contribution in [0.15, 0.2) is 35.2 Å². The number of amides is 1. The summed E-state index contributed by atoms with van der Waals surface area (Å²) in [5.41, 5.74) is 2.92. The molecule has 1 saturated heterocycles. The van der Waals surface area contributed by atoms with E-state index in [1.807, 2.05) is 13.0 Å². The van der Waals surface area contributed by atoms with Gasteiger partial charge in [0.2, 0.25) is 15.9 Å². The number of rotatable bonds is 10. The molecule has 3 N–H and O–H groups in total. The smallest absolute Gasteiger partial charge is 0.242 e. The maximum Gasteiger partial charge on any atom is 0.242 e. The maximum atomic E-state index is 13.6. The lowest BCUT2D eigenvalue weighted by molar-refractivity contribution is -0.118. The van der Waals surface area contributed by atoms with Crippen LogP contribution in [0.1, 0.15) is 65.4 Å². The molecule has 1 saturated carbocycles. The van der Waals surface area contributed by atoms with Gasteiger partial charge in [-0.15, -0.1) is 11.3 Å². The molecule has 2 aliphatic carbocycles. The summed E-state index contributed by atoms with van der Waals surface area (Å²) < 4.78 is 29.4. The fourth-order valence-corrected chi connectivity index (χ4v) is 8.56. The van der Waals surface area contributed by atoms with Gasteiger partial charge >= 0.3 is 0 Å². The van der Waals surface area contributed by atoms with Gasteiger partial charge in [-0.05, 0) is 79.8 Å². The van der Waals surface area contributed by atoms with E-state index in [0.29, 0.717) is 64.7 Å². The van der Waals surface area contributed by atoms with Crippen molar-refractivity contribution in [2.45, 2.75) is 51.3 Å². The van der Waals surface area contributed by atoms with Crippen LogP contribution >= 0.6 is 11.3 Å². The molecule has 1 aromatic carbocycles. The molecule has 3 heterocycles. The van der Waals surface area contributed by atoms with Crippen molar-refractivity contribution in [1.82, 2.24) is 20.0 Å². The van der Waals surface area contributed by atoms with Gasteiger partial charge in [0.25, 0.3) is 0 Å². The summed E-state index contributed by atoms with van der Waals surface area (Å²) in [5.74, 6) is 1.22. The van der Waals surface area contributed by atoms with Gasteiger partial charge in [-0.1, -0.05) is 19.9 Å². The van der Waals surface area contributed by atoms with Crippen molar-refractivity contribution in [2.75, 3.05) is 31.1 Å². The predicted molar refractivity (Wildman–Crippen MR) is 167 cm³/mol. The van der Waals surface area contributed by atoms with Crippen molar-refractivity contribution in [2.24, 2.45) is 17.8 Å². The van der Waals surface area contributed by atoms with Gasteiger partial charge in [0.15, 0.2) is 5.78 Å². The number of fused-ring (bicyclic) bond motifs is 1. The van der Waals surface area contributed by atoms with E-state index >= 15 is 0 Å². The number of nitrogens with zero attached hydrogens (tertiary/aromatic N) is 3. The zero-order valence-electron chi connectivity index (χ0n) is 24.6. The largest absolute Gasteiger partial charge is 0.307 e. The zero-order valence-corrected chi connectivity index (χ0v) is 26.2. The quantitative estimate of drug-likeness (QED) is 0.291. The van der Waals surface area contributed by atoms with Crippen LogP contribution < -0.4 is 14.9 Å². The summed E-state index contributed by atoms with van der Waals surface area (Å²) in [7, 11) is -3.92. The average molecular weight is 621 g/mol. The highest BCUT2D eigenvalue weighted by Crippen LogP contribution is 2.44. The lowest BCUT2D eigenvalue weighted by atomic mass is 9.90. The first-order valence-corrected chi connectivity index (χ1v) is 17.1. The highest BCUT2D eigenvalue weighted by Gasteiger charge is 2.39. The van der Waals surface area contributed by atoms with Crippen molar-refractivity contribution >= 4 is 44.6 Å². The lowest BCUT2D eigenvalue weighted by Crippen LogP contribution is -2.48. The van der Waals surface area contributed by atoms with Crippen molar-refractivity contribution in [1.29, 1.82) is 5.41 Å².